The molecule has 30 heavy (non-hydrogen) atoms. The van der Waals surface area contributed by atoms with Crippen molar-refractivity contribution < 1.29 is 9.21 Å². The molecule has 0 radical (unpaired) electrons. The van der Waals surface area contributed by atoms with E-state index in [1.54, 1.807) is 0 Å². The van der Waals surface area contributed by atoms with E-state index in [1.165, 1.54) is 16.7 Å². The standard InChI is InChI=1S/C24H28N4O2/c1-18-6-8-21(9-7-18)24-26-25-22(30-24)10-11-23(29)28-14-12-27(13-15-28)17-20-5-3-4-19(2)16-20/h3-9,16H,10-15,17H2,1-2H3. The highest BCUT2D eigenvalue weighted by Crippen LogP contribution is 2.19. The smallest absolute Gasteiger partial charge is 0.247 e. The molecule has 1 saturated heterocycles. The monoisotopic (exact) mass is 404 g/mol. The average molecular weight is 405 g/mol. The number of benzene rings is 2. The van der Waals surface area contributed by atoms with E-state index in [4.69, 9.17) is 4.42 Å². The van der Waals surface area contributed by atoms with Gasteiger partial charge >= 0.3 is 0 Å². The van der Waals surface area contributed by atoms with Gasteiger partial charge in [0.1, 0.15) is 0 Å². The van der Waals surface area contributed by atoms with Crippen molar-refractivity contribution in [2.24, 2.45) is 0 Å². The molecule has 1 aliphatic rings. The van der Waals surface area contributed by atoms with E-state index >= 15 is 0 Å². The number of aromatic nitrogens is 2. The molecule has 3 aromatic rings. The molecule has 2 aromatic carbocycles. The van der Waals surface area contributed by atoms with Gasteiger partial charge in [-0.2, -0.15) is 0 Å². The maximum Gasteiger partial charge on any atom is 0.247 e. The van der Waals surface area contributed by atoms with Crippen LogP contribution in [0.25, 0.3) is 11.5 Å². The Bertz CT molecular complexity index is 988. The highest BCUT2D eigenvalue weighted by molar-refractivity contribution is 5.76. The zero-order chi connectivity index (χ0) is 20.9. The van der Waals surface area contributed by atoms with E-state index < -0.39 is 0 Å². The first kappa shape index (κ1) is 20.3. The summed E-state index contributed by atoms with van der Waals surface area (Å²) in [6.07, 6.45) is 0.870. The van der Waals surface area contributed by atoms with Crippen LogP contribution in [-0.4, -0.2) is 52.1 Å². The molecule has 0 unspecified atom stereocenters. The zero-order valence-electron chi connectivity index (χ0n) is 17.7. The van der Waals surface area contributed by atoms with E-state index in [2.05, 4.69) is 46.3 Å². The SMILES string of the molecule is Cc1ccc(-c2nnc(CCC(=O)N3CCN(Cc4cccc(C)c4)CC3)o2)cc1. The first-order chi connectivity index (χ1) is 14.6. The van der Waals surface area contributed by atoms with Gasteiger partial charge in [-0.15, -0.1) is 10.2 Å². The normalized spacial score (nSPS) is 14.8. The van der Waals surface area contributed by atoms with Crippen molar-refractivity contribution >= 4 is 5.91 Å². The Balaban J connectivity index is 1.24. The molecule has 0 aliphatic carbocycles. The van der Waals surface area contributed by atoms with Crippen LogP contribution >= 0.6 is 0 Å². The molecule has 1 fully saturated rings. The molecule has 1 aliphatic heterocycles. The molecular formula is C24H28N4O2. The lowest BCUT2D eigenvalue weighted by Crippen LogP contribution is -2.48. The minimum absolute atomic E-state index is 0.153. The van der Waals surface area contributed by atoms with Crippen LogP contribution in [0.5, 0.6) is 0 Å². The predicted molar refractivity (Wildman–Crippen MR) is 116 cm³/mol. The highest BCUT2D eigenvalue weighted by Gasteiger charge is 2.21. The Labute approximate surface area is 177 Å². The molecule has 1 amide bonds. The van der Waals surface area contributed by atoms with Crippen LogP contribution in [0.15, 0.2) is 52.9 Å². The summed E-state index contributed by atoms with van der Waals surface area (Å²) in [7, 11) is 0. The van der Waals surface area contributed by atoms with Crippen LogP contribution in [-0.2, 0) is 17.8 Å². The largest absolute Gasteiger partial charge is 0.421 e. The third-order valence-corrected chi connectivity index (χ3v) is 5.53. The first-order valence-corrected chi connectivity index (χ1v) is 10.5. The van der Waals surface area contributed by atoms with Gasteiger partial charge in [0, 0.05) is 51.1 Å². The second kappa shape index (κ2) is 9.22. The quantitative estimate of drug-likeness (QED) is 0.628. The zero-order valence-corrected chi connectivity index (χ0v) is 17.7. The summed E-state index contributed by atoms with van der Waals surface area (Å²) in [4.78, 5) is 17.0. The number of rotatable bonds is 6. The van der Waals surface area contributed by atoms with Crippen LogP contribution < -0.4 is 0 Å². The van der Waals surface area contributed by atoms with Crippen LogP contribution in [0.4, 0.5) is 0 Å². The number of nitrogens with zero attached hydrogens (tertiary/aromatic N) is 4. The number of hydrogen-bond donors (Lipinski definition) is 0. The number of piperazine rings is 1. The molecule has 0 atom stereocenters. The lowest BCUT2D eigenvalue weighted by atomic mass is 10.1. The van der Waals surface area contributed by atoms with Gasteiger partial charge in [0.25, 0.3) is 0 Å². The number of carbonyl (C=O) groups is 1. The van der Waals surface area contributed by atoms with E-state index in [-0.39, 0.29) is 5.91 Å². The molecular weight excluding hydrogens is 376 g/mol. The predicted octanol–water partition coefficient (Wildman–Crippen LogP) is 3.63. The highest BCUT2D eigenvalue weighted by atomic mass is 16.4. The van der Waals surface area contributed by atoms with Gasteiger partial charge in [-0.1, -0.05) is 47.5 Å². The summed E-state index contributed by atoms with van der Waals surface area (Å²) in [6.45, 7) is 8.43. The van der Waals surface area contributed by atoms with Gasteiger partial charge < -0.3 is 9.32 Å². The van der Waals surface area contributed by atoms with Crippen molar-refractivity contribution in [1.29, 1.82) is 0 Å². The van der Waals surface area contributed by atoms with Crippen molar-refractivity contribution in [1.82, 2.24) is 20.0 Å². The maximum atomic E-state index is 12.6. The molecule has 4 rings (SSSR count). The summed E-state index contributed by atoms with van der Waals surface area (Å²) < 4.78 is 5.74. The average Bonchev–Trinajstić information content (AvgIpc) is 3.22. The minimum atomic E-state index is 0.153. The lowest BCUT2D eigenvalue weighted by molar-refractivity contribution is -0.133. The van der Waals surface area contributed by atoms with E-state index in [0.717, 1.165) is 38.3 Å². The summed E-state index contributed by atoms with van der Waals surface area (Å²) in [5.74, 6) is 1.17. The van der Waals surface area contributed by atoms with Crippen molar-refractivity contribution in [2.75, 3.05) is 26.2 Å². The Morgan fingerprint density at radius 2 is 1.73 bits per heavy atom. The fourth-order valence-corrected chi connectivity index (χ4v) is 3.76. The summed E-state index contributed by atoms with van der Waals surface area (Å²) in [6, 6.07) is 16.6. The van der Waals surface area contributed by atoms with Crippen LogP contribution in [0, 0.1) is 13.8 Å². The van der Waals surface area contributed by atoms with E-state index in [1.807, 2.05) is 36.1 Å². The molecule has 2 heterocycles. The molecule has 0 bridgehead atoms. The van der Waals surface area contributed by atoms with Gasteiger partial charge in [-0.05, 0) is 31.5 Å². The molecule has 156 valence electrons. The topological polar surface area (TPSA) is 62.5 Å². The molecule has 0 N–H and O–H groups in total. The Morgan fingerprint density at radius 3 is 2.47 bits per heavy atom. The Morgan fingerprint density at radius 1 is 0.967 bits per heavy atom. The lowest BCUT2D eigenvalue weighted by Gasteiger charge is -2.34. The number of hydrogen-bond acceptors (Lipinski definition) is 5. The van der Waals surface area contributed by atoms with Crippen LogP contribution in [0.2, 0.25) is 0 Å². The molecule has 6 heteroatoms. The Hall–Kier alpha value is -2.99. The van der Waals surface area contributed by atoms with Gasteiger partial charge in [0.2, 0.25) is 17.7 Å². The fraction of sp³-hybridized carbons (Fsp3) is 0.375. The molecule has 6 nitrogen and oxygen atoms in total. The number of carbonyl (C=O) groups excluding carboxylic acids is 1. The van der Waals surface area contributed by atoms with Gasteiger partial charge in [0.05, 0.1) is 0 Å². The third kappa shape index (κ3) is 5.13. The second-order valence-corrected chi connectivity index (χ2v) is 8.01. The fourth-order valence-electron chi connectivity index (χ4n) is 3.76. The Kier molecular flexibility index (Phi) is 6.23. The van der Waals surface area contributed by atoms with Crippen LogP contribution in [0.3, 0.4) is 0 Å². The minimum Gasteiger partial charge on any atom is -0.421 e. The van der Waals surface area contributed by atoms with E-state index in [0.29, 0.717) is 24.6 Å². The summed E-state index contributed by atoms with van der Waals surface area (Å²) in [5, 5.41) is 8.22. The van der Waals surface area contributed by atoms with Crippen molar-refractivity contribution in [3.63, 3.8) is 0 Å². The maximum absolute atomic E-state index is 12.6. The van der Waals surface area contributed by atoms with Gasteiger partial charge in [0.15, 0.2) is 0 Å². The van der Waals surface area contributed by atoms with E-state index in [9.17, 15) is 4.79 Å². The number of amides is 1. The van der Waals surface area contributed by atoms with Crippen molar-refractivity contribution in [3.8, 4) is 11.5 Å². The van der Waals surface area contributed by atoms with Crippen molar-refractivity contribution in [3.05, 3.63) is 71.1 Å². The third-order valence-electron chi connectivity index (χ3n) is 5.53. The first-order valence-electron chi connectivity index (χ1n) is 10.5. The molecule has 1 aromatic heterocycles. The second-order valence-electron chi connectivity index (χ2n) is 8.01. The molecule has 0 saturated carbocycles. The number of aryl methyl sites for hydroxylation is 3. The van der Waals surface area contributed by atoms with Gasteiger partial charge in [-0.3, -0.25) is 9.69 Å². The van der Waals surface area contributed by atoms with Crippen molar-refractivity contribution in [2.45, 2.75) is 33.2 Å². The van der Waals surface area contributed by atoms with Crippen LogP contribution in [0.1, 0.15) is 29.0 Å². The van der Waals surface area contributed by atoms with Gasteiger partial charge in [-0.25, -0.2) is 0 Å². The summed E-state index contributed by atoms with van der Waals surface area (Å²) >= 11 is 0. The summed E-state index contributed by atoms with van der Waals surface area (Å²) in [5.41, 5.74) is 4.70. The molecule has 0 spiro atoms.